The molecule has 1 heterocycles. The van der Waals surface area contributed by atoms with Gasteiger partial charge < -0.3 is 14.8 Å². The van der Waals surface area contributed by atoms with E-state index in [0.717, 1.165) is 17.9 Å². The van der Waals surface area contributed by atoms with Crippen LogP contribution in [0.15, 0.2) is 18.2 Å². The maximum absolute atomic E-state index is 11.5. The molecular formula is C19H25NO3. The second kappa shape index (κ2) is 7.41. The molecule has 0 aromatic heterocycles. The van der Waals surface area contributed by atoms with Crippen LogP contribution in [-0.4, -0.2) is 24.7 Å². The van der Waals surface area contributed by atoms with Crippen LogP contribution in [0.5, 0.6) is 11.5 Å². The minimum absolute atomic E-state index is 0.0340. The van der Waals surface area contributed by atoms with E-state index in [0.29, 0.717) is 18.9 Å². The van der Waals surface area contributed by atoms with E-state index in [2.05, 4.69) is 37.1 Å². The van der Waals surface area contributed by atoms with Gasteiger partial charge in [-0.1, -0.05) is 37.8 Å². The predicted molar refractivity (Wildman–Crippen MR) is 90.6 cm³/mol. The van der Waals surface area contributed by atoms with Crippen LogP contribution in [0.3, 0.4) is 0 Å². The van der Waals surface area contributed by atoms with Gasteiger partial charge in [0.1, 0.15) is 12.2 Å². The molecule has 0 atom stereocenters. The molecule has 4 heteroatoms. The SMILES string of the molecule is CC(C)CC(=O)NCC#CCOc1cccc2c1OC(C)(C)C2. The van der Waals surface area contributed by atoms with Gasteiger partial charge in [0, 0.05) is 18.4 Å². The number of carbonyl (C=O) groups is 1. The smallest absolute Gasteiger partial charge is 0.221 e. The first-order chi connectivity index (χ1) is 10.9. The molecule has 1 aromatic carbocycles. The summed E-state index contributed by atoms with van der Waals surface area (Å²) in [7, 11) is 0. The molecule has 0 saturated heterocycles. The number of amides is 1. The quantitative estimate of drug-likeness (QED) is 0.850. The van der Waals surface area contributed by atoms with Gasteiger partial charge >= 0.3 is 0 Å². The van der Waals surface area contributed by atoms with Crippen molar-refractivity contribution in [2.75, 3.05) is 13.2 Å². The zero-order chi connectivity index (χ0) is 16.9. The fourth-order valence-corrected chi connectivity index (χ4v) is 2.51. The van der Waals surface area contributed by atoms with Crippen molar-refractivity contribution in [3.63, 3.8) is 0 Å². The van der Waals surface area contributed by atoms with E-state index >= 15 is 0 Å². The molecule has 23 heavy (non-hydrogen) atoms. The number of fused-ring (bicyclic) bond motifs is 1. The van der Waals surface area contributed by atoms with E-state index in [1.54, 1.807) is 0 Å². The third-order valence-corrected chi connectivity index (χ3v) is 3.45. The Balaban J connectivity index is 1.80. The molecule has 0 spiro atoms. The first kappa shape index (κ1) is 17.2. The van der Waals surface area contributed by atoms with E-state index in [1.165, 1.54) is 5.56 Å². The van der Waals surface area contributed by atoms with Gasteiger partial charge in [0.25, 0.3) is 0 Å². The van der Waals surface area contributed by atoms with E-state index < -0.39 is 0 Å². The summed E-state index contributed by atoms with van der Waals surface area (Å²) >= 11 is 0. The van der Waals surface area contributed by atoms with Gasteiger partial charge in [0.15, 0.2) is 11.5 Å². The molecule has 0 bridgehead atoms. The van der Waals surface area contributed by atoms with Gasteiger partial charge in [0.05, 0.1) is 6.54 Å². The van der Waals surface area contributed by atoms with E-state index in [1.807, 2.05) is 26.0 Å². The highest BCUT2D eigenvalue weighted by Gasteiger charge is 2.32. The summed E-state index contributed by atoms with van der Waals surface area (Å²) in [5.74, 6) is 7.75. The van der Waals surface area contributed by atoms with Crippen LogP contribution in [0, 0.1) is 17.8 Å². The molecular weight excluding hydrogens is 290 g/mol. The Morgan fingerprint density at radius 1 is 1.39 bits per heavy atom. The molecule has 1 aliphatic rings. The lowest BCUT2D eigenvalue weighted by atomic mass is 10.0. The highest BCUT2D eigenvalue weighted by atomic mass is 16.5. The molecule has 1 N–H and O–H groups in total. The number of ether oxygens (including phenoxy) is 2. The third kappa shape index (κ3) is 5.21. The second-order valence-corrected chi connectivity index (χ2v) is 6.80. The number of carbonyl (C=O) groups excluding carboxylic acids is 1. The van der Waals surface area contributed by atoms with Crippen molar-refractivity contribution in [3.8, 4) is 23.3 Å². The molecule has 2 rings (SSSR count). The van der Waals surface area contributed by atoms with Crippen LogP contribution < -0.4 is 14.8 Å². The van der Waals surface area contributed by atoms with E-state index in [9.17, 15) is 4.79 Å². The highest BCUT2D eigenvalue weighted by molar-refractivity contribution is 5.76. The van der Waals surface area contributed by atoms with Crippen LogP contribution >= 0.6 is 0 Å². The Hall–Kier alpha value is -2.15. The van der Waals surface area contributed by atoms with E-state index in [-0.39, 0.29) is 18.1 Å². The lowest BCUT2D eigenvalue weighted by Gasteiger charge is -2.17. The number of benzene rings is 1. The summed E-state index contributed by atoms with van der Waals surface area (Å²) in [5, 5.41) is 2.77. The lowest BCUT2D eigenvalue weighted by molar-refractivity contribution is -0.121. The fraction of sp³-hybridized carbons (Fsp3) is 0.526. The summed E-state index contributed by atoms with van der Waals surface area (Å²) in [5.41, 5.74) is 0.982. The van der Waals surface area contributed by atoms with Gasteiger partial charge in [-0.3, -0.25) is 4.79 Å². The van der Waals surface area contributed by atoms with Crippen LogP contribution in [0.2, 0.25) is 0 Å². The third-order valence-electron chi connectivity index (χ3n) is 3.45. The normalized spacial score (nSPS) is 14.5. The van der Waals surface area contributed by atoms with Crippen LogP contribution in [0.25, 0.3) is 0 Å². The van der Waals surface area contributed by atoms with Crippen molar-refractivity contribution in [3.05, 3.63) is 23.8 Å². The average Bonchev–Trinajstić information content (AvgIpc) is 2.76. The Morgan fingerprint density at radius 2 is 2.17 bits per heavy atom. The summed E-state index contributed by atoms with van der Waals surface area (Å²) in [6.45, 7) is 8.79. The average molecular weight is 315 g/mol. The minimum Gasteiger partial charge on any atom is -0.483 e. The molecule has 1 aromatic rings. The van der Waals surface area contributed by atoms with Crippen LogP contribution in [-0.2, 0) is 11.2 Å². The molecule has 0 aliphatic carbocycles. The summed E-state index contributed by atoms with van der Waals surface area (Å²) in [6.07, 6.45) is 1.41. The Morgan fingerprint density at radius 3 is 2.91 bits per heavy atom. The van der Waals surface area contributed by atoms with Crippen molar-refractivity contribution in [2.45, 2.75) is 46.1 Å². The largest absolute Gasteiger partial charge is 0.483 e. The van der Waals surface area contributed by atoms with Crippen molar-refractivity contribution in [2.24, 2.45) is 5.92 Å². The fourth-order valence-electron chi connectivity index (χ4n) is 2.51. The Bertz CT molecular complexity index is 623. The first-order valence-corrected chi connectivity index (χ1v) is 8.03. The summed E-state index contributed by atoms with van der Waals surface area (Å²) < 4.78 is 11.6. The lowest BCUT2D eigenvalue weighted by Crippen LogP contribution is -2.24. The minimum atomic E-state index is -0.186. The summed E-state index contributed by atoms with van der Waals surface area (Å²) in [6, 6.07) is 5.93. The maximum atomic E-state index is 11.5. The second-order valence-electron chi connectivity index (χ2n) is 6.80. The molecule has 0 radical (unpaired) electrons. The molecule has 1 aliphatic heterocycles. The van der Waals surface area contributed by atoms with Gasteiger partial charge in [-0.25, -0.2) is 0 Å². The van der Waals surface area contributed by atoms with Crippen LogP contribution in [0.1, 0.15) is 39.7 Å². The van der Waals surface area contributed by atoms with Gasteiger partial charge in [-0.05, 0) is 25.8 Å². The highest BCUT2D eigenvalue weighted by Crippen LogP contribution is 2.41. The van der Waals surface area contributed by atoms with Crippen LogP contribution in [0.4, 0.5) is 0 Å². The Labute approximate surface area is 138 Å². The van der Waals surface area contributed by atoms with Crippen molar-refractivity contribution in [1.82, 2.24) is 5.32 Å². The number of para-hydroxylation sites is 1. The maximum Gasteiger partial charge on any atom is 0.221 e. The van der Waals surface area contributed by atoms with Gasteiger partial charge in [0.2, 0.25) is 5.91 Å². The Kier molecular flexibility index (Phi) is 5.54. The van der Waals surface area contributed by atoms with E-state index in [4.69, 9.17) is 9.47 Å². The standard InChI is InChI=1S/C19H25NO3/c1-14(2)12-17(21)20-10-5-6-11-22-16-9-7-8-15-13-19(3,4)23-18(15)16/h7-9,14H,10-13H2,1-4H3,(H,20,21). The number of hydrogen-bond donors (Lipinski definition) is 1. The molecule has 0 saturated carbocycles. The molecule has 124 valence electrons. The van der Waals surface area contributed by atoms with Gasteiger partial charge in [-0.2, -0.15) is 0 Å². The monoisotopic (exact) mass is 315 g/mol. The first-order valence-electron chi connectivity index (χ1n) is 8.03. The molecule has 4 nitrogen and oxygen atoms in total. The van der Waals surface area contributed by atoms with Crippen molar-refractivity contribution >= 4 is 5.91 Å². The van der Waals surface area contributed by atoms with Crippen molar-refractivity contribution < 1.29 is 14.3 Å². The summed E-state index contributed by atoms with van der Waals surface area (Å²) in [4.78, 5) is 11.5. The number of hydrogen-bond acceptors (Lipinski definition) is 3. The predicted octanol–water partition coefficient (Wildman–Crippen LogP) is 2.94. The zero-order valence-electron chi connectivity index (χ0n) is 14.4. The zero-order valence-corrected chi connectivity index (χ0v) is 14.4. The number of rotatable bonds is 5. The van der Waals surface area contributed by atoms with Crippen molar-refractivity contribution in [1.29, 1.82) is 0 Å². The number of nitrogens with one attached hydrogen (secondary N) is 1. The van der Waals surface area contributed by atoms with Gasteiger partial charge in [-0.15, -0.1) is 0 Å². The molecule has 0 unspecified atom stereocenters. The topological polar surface area (TPSA) is 47.6 Å². The molecule has 0 fully saturated rings. The molecule has 1 amide bonds.